The smallest absolute Gasteiger partial charge is 0.147 e. The Balaban J connectivity index is 1.97. The fourth-order valence-corrected chi connectivity index (χ4v) is 2.57. The van der Waals surface area contributed by atoms with Crippen LogP contribution < -0.4 is 5.32 Å². The van der Waals surface area contributed by atoms with E-state index in [0.29, 0.717) is 0 Å². The molecule has 0 saturated heterocycles. The van der Waals surface area contributed by atoms with Gasteiger partial charge in [-0.15, -0.1) is 10.2 Å². The highest BCUT2D eigenvalue weighted by molar-refractivity contribution is 7.14. The van der Waals surface area contributed by atoms with Crippen molar-refractivity contribution in [2.45, 2.75) is 26.7 Å². The summed E-state index contributed by atoms with van der Waals surface area (Å²) in [4.78, 5) is 4.19. The predicted molar refractivity (Wildman–Crippen MR) is 74.7 cm³/mol. The second-order valence-electron chi connectivity index (χ2n) is 4.14. The molecule has 2 aromatic heterocycles. The Hall–Kier alpha value is -1.33. The van der Waals surface area contributed by atoms with Crippen molar-refractivity contribution in [3.05, 3.63) is 29.0 Å². The molecular formula is C13H18N4S. The monoisotopic (exact) mass is 262 g/mol. The van der Waals surface area contributed by atoms with Crippen LogP contribution in [0.15, 0.2) is 18.3 Å². The van der Waals surface area contributed by atoms with Crippen molar-refractivity contribution in [2.24, 2.45) is 0 Å². The second kappa shape index (κ2) is 6.56. The van der Waals surface area contributed by atoms with Gasteiger partial charge in [0.1, 0.15) is 10.0 Å². The van der Waals surface area contributed by atoms with E-state index in [1.165, 1.54) is 0 Å². The third kappa shape index (κ3) is 3.58. The molecule has 4 nitrogen and oxygen atoms in total. The van der Waals surface area contributed by atoms with Gasteiger partial charge < -0.3 is 5.32 Å². The molecule has 0 bridgehead atoms. The molecule has 0 radical (unpaired) electrons. The summed E-state index contributed by atoms with van der Waals surface area (Å²) in [7, 11) is 0. The Labute approximate surface area is 111 Å². The summed E-state index contributed by atoms with van der Waals surface area (Å²) in [6.07, 6.45) is 3.92. The van der Waals surface area contributed by atoms with Crippen molar-refractivity contribution in [1.82, 2.24) is 20.5 Å². The molecule has 2 heterocycles. The van der Waals surface area contributed by atoms with Crippen LogP contribution in [0.1, 0.15) is 24.0 Å². The molecule has 2 rings (SSSR count). The lowest BCUT2D eigenvalue weighted by Gasteiger charge is -1.98. The first-order chi connectivity index (χ1) is 8.79. The van der Waals surface area contributed by atoms with Crippen molar-refractivity contribution in [3.8, 4) is 10.6 Å². The van der Waals surface area contributed by atoms with E-state index in [-0.39, 0.29) is 0 Å². The zero-order valence-corrected chi connectivity index (χ0v) is 11.6. The van der Waals surface area contributed by atoms with Gasteiger partial charge in [-0.2, -0.15) is 0 Å². The summed E-state index contributed by atoms with van der Waals surface area (Å²) in [6.45, 7) is 6.17. The zero-order chi connectivity index (χ0) is 12.8. The van der Waals surface area contributed by atoms with Crippen molar-refractivity contribution in [1.29, 1.82) is 0 Å². The third-order valence-corrected chi connectivity index (χ3v) is 3.64. The summed E-state index contributed by atoms with van der Waals surface area (Å²) in [5, 5.41) is 13.9. The lowest BCUT2D eigenvalue weighted by molar-refractivity contribution is 0.669. The highest BCUT2D eigenvalue weighted by Crippen LogP contribution is 2.23. The molecule has 0 unspecified atom stereocenters. The third-order valence-electron chi connectivity index (χ3n) is 2.60. The number of rotatable bonds is 6. The molecule has 0 fully saturated rings. The summed E-state index contributed by atoms with van der Waals surface area (Å²) >= 11 is 1.67. The van der Waals surface area contributed by atoms with Gasteiger partial charge >= 0.3 is 0 Å². The maximum Gasteiger partial charge on any atom is 0.147 e. The average Bonchev–Trinajstić information content (AvgIpc) is 2.83. The van der Waals surface area contributed by atoms with Crippen molar-refractivity contribution < 1.29 is 0 Å². The van der Waals surface area contributed by atoms with Crippen LogP contribution in [0.2, 0.25) is 0 Å². The van der Waals surface area contributed by atoms with Crippen LogP contribution in [0, 0.1) is 6.92 Å². The van der Waals surface area contributed by atoms with E-state index in [4.69, 9.17) is 0 Å². The maximum atomic E-state index is 4.25. The van der Waals surface area contributed by atoms with Gasteiger partial charge in [0.2, 0.25) is 0 Å². The van der Waals surface area contributed by atoms with E-state index in [1.807, 2.05) is 25.3 Å². The van der Waals surface area contributed by atoms with Gasteiger partial charge in [-0.3, -0.25) is 4.98 Å². The van der Waals surface area contributed by atoms with Gasteiger partial charge in [0.25, 0.3) is 0 Å². The SMILES string of the molecule is CCNCCCc1nnc(-c2ccnc(C)c2)s1. The minimum absolute atomic E-state index is 0.985. The number of pyridine rings is 1. The fraction of sp³-hybridized carbons (Fsp3) is 0.462. The Morgan fingerprint density at radius 1 is 1.33 bits per heavy atom. The van der Waals surface area contributed by atoms with E-state index in [1.54, 1.807) is 11.3 Å². The van der Waals surface area contributed by atoms with Crippen LogP contribution in [0.25, 0.3) is 10.6 Å². The minimum atomic E-state index is 0.985. The molecule has 0 aliphatic heterocycles. The maximum absolute atomic E-state index is 4.25. The lowest BCUT2D eigenvalue weighted by Crippen LogP contribution is -2.14. The van der Waals surface area contributed by atoms with Crippen LogP contribution >= 0.6 is 11.3 Å². The predicted octanol–water partition coefficient (Wildman–Crippen LogP) is 2.45. The molecule has 1 N–H and O–H groups in total. The van der Waals surface area contributed by atoms with E-state index >= 15 is 0 Å². The van der Waals surface area contributed by atoms with Gasteiger partial charge in [0.05, 0.1) is 0 Å². The van der Waals surface area contributed by atoms with Crippen LogP contribution in [0.4, 0.5) is 0 Å². The average molecular weight is 262 g/mol. The Morgan fingerprint density at radius 2 is 2.22 bits per heavy atom. The first-order valence-corrected chi connectivity index (χ1v) is 7.07. The number of nitrogens with zero attached hydrogens (tertiary/aromatic N) is 3. The highest BCUT2D eigenvalue weighted by Gasteiger charge is 2.06. The summed E-state index contributed by atoms with van der Waals surface area (Å²) < 4.78 is 0. The van der Waals surface area contributed by atoms with Crippen LogP contribution in [-0.2, 0) is 6.42 Å². The molecule has 2 aromatic rings. The van der Waals surface area contributed by atoms with Crippen molar-refractivity contribution in [3.63, 3.8) is 0 Å². The normalized spacial score (nSPS) is 10.8. The van der Waals surface area contributed by atoms with Gasteiger partial charge in [-0.25, -0.2) is 0 Å². The largest absolute Gasteiger partial charge is 0.317 e. The summed E-state index contributed by atoms with van der Waals surface area (Å²) in [6, 6.07) is 4.03. The van der Waals surface area contributed by atoms with Crippen LogP contribution in [0.3, 0.4) is 0 Å². The van der Waals surface area contributed by atoms with E-state index < -0.39 is 0 Å². The highest BCUT2D eigenvalue weighted by atomic mass is 32.1. The van der Waals surface area contributed by atoms with Crippen LogP contribution in [0.5, 0.6) is 0 Å². The molecule has 0 aliphatic rings. The van der Waals surface area contributed by atoms with E-state index in [0.717, 1.165) is 47.2 Å². The first-order valence-electron chi connectivity index (χ1n) is 6.25. The Kier molecular flexibility index (Phi) is 4.78. The molecule has 0 aliphatic carbocycles. The fourth-order valence-electron chi connectivity index (χ4n) is 1.69. The van der Waals surface area contributed by atoms with E-state index in [2.05, 4.69) is 27.4 Å². The van der Waals surface area contributed by atoms with Crippen LogP contribution in [-0.4, -0.2) is 28.3 Å². The van der Waals surface area contributed by atoms with Gasteiger partial charge in [0, 0.05) is 23.9 Å². The van der Waals surface area contributed by atoms with Gasteiger partial charge in [-0.1, -0.05) is 18.3 Å². The zero-order valence-electron chi connectivity index (χ0n) is 10.8. The number of hydrogen-bond donors (Lipinski definition) is 1. The number of hydrogen-bond acceptors (Lipinski definition) is 5. The Bertz CT molecular complexity index is 495. The topological polar surface area (TPSA) is 50.7 Å². The molecule has 0 aromatic carbocycles. The Morgan fingerprint density at radius 3 is 3.00 bits per heavy atom. The molecule has 0 saturated carbocycles. The number of nitrogens with one attached hydrogen (secondary N) is 1. The van der Waals surface area contributed by atoms with Gasteiger partial charge in [0.15, 0.2) is 0 Å². The van der Waals surface area contributed by atoms with Crippen molar-refractivity contribution >= 4 is 11.3 Å². The molecule has 0 amide bonds. The summed E-state index contributed by atoms with van der Waals surface area (Å²) in [5.41, 5.74) is 2.12. The minimum Gasteiger partial charge on any atom is -0.317 e. The molecule has 5 heteroatoms. The molecule has 96 valence electrons. The number of aromatic nitrogens is 3. The van der Waals surface area contributed by atoms with E-state index in [9.17, 15) is 0 Å². The second-order valence-corrected chi connectivity index (χ2v) is 5.21. The molecule has 0 spiro atoms. The quantitative estimate of drug-likeness (QED) is 0.812. The van der Waals surface area contributed by atoms with Gasteiger partial charge in [-0.05, 0) is 38.6 Å². The number of aryl methyl sites for hydroxylation is 2. The molecular weight excluding hydrogens is 244 g/mol. The standard InChI is InChI=1S/C13H18N4S/c1-3-14-7-4-5-12-16-17-13(18-12)11-6-8-15-10(2)9-11/h6,8-9,14H,3-5,7H2,1-2H3. The first kappa shape index (κ1) is 13.1. The lowest BCUT2D eigenvalue weighted by atomic mass is 10.2. The molecule has 0 atom stereocenters. The summed E-state index contributed by atoms with van der Waals surface area (Å²) in [5.74, 6) is 0. The molecule has 18 heavy (non-hydrogen) atoms. The van der Waals surface area contributed by atoms with Crippen molar-refractivity contribution in [2.75, 3.05) is 13.1 Å².